The van der Waals surface area contributed by atoms with Gasteiger partial charge in [0.2, 0.25) is 0 Å². The maximum atomic E-state index is 12.9. The third kappa shape index (κ3) is 5.46. The molecular formula is C26H26N6OS2. The maximum absolute atomic E-state index is 12.9. The van der Waals surface area contributed by atoms with Crippen molar-refractivity contribution in [3.63, 3.8) is 0 Å². The lowest BCUT2D eigenvalue weighted by molar-refractivity contribution is 0.0970. The third-order valence-electron chi connectivity index (χ3n) is 6.26. The Bertz CT molecular complexity index is 1290. The van der Waals surface area contributed by atoms with Gasteiger partial charge in [-0.3, -0.25) is 9.69 Å². The van der Waals surface area contributed by atoms with Crippen molar-refractivity contribution in [3.05, 3.63) is 86.3 Å². The summed E-state index contributed by atoms with van der Waals surface area (Å²) in [5.41, 5.74) is 10.7. The number of hydrogen-bond acceptors (Lipinski definition) is 8. The fourth-order valence-corrected chi connectivity index (χ4v) is 5.89. The number of benzene rings is 1. The largest absolute Gasteiger partial charge is 0.400 e. The summed E-state index contributed by atoms with van der Waals surface area (Å²) in [5.74, 6) is -0.171. The van der Waals surface area contributed by atoms with E-state index in [2.05, 4.69) is 37.6 Å². The summed E-state index contributed by atoms with van der Waals surface area (Å²) in [6.07, 6.45) is 5.27. The molecule has 1 aliphatic heterocycles. The molecule has 1 fully saturated rings. The number of thiophene rings is 1. The molecule has 3 aromatic rings. The second-order valence-corrected chi connectivity index (χ2v) is 10.6. The number of nitrogens with zero attached hydrogens (tertiary/aromatic N) is 4. The highest BCUT2D eigenvalue weighted by atomic mass is 32.1. The average Bonchev–Trinajstić information content (AvgIpc) is 3.59. The molecule has 0 unspecified atom stereocenters. The molecule has 0 bridgehead atoms. The molecule has 0 spiro atoms. The van der Waals surface area contributed by atoms with Gasteiger partial charge in [-0.1, -0.05) is 29.5 Å². The van der Waals surface area contributed by atoms with E-state index in [9.17, 15) is 4.79 Å². The molecule has 7 nitrogen and oxygen atoms in total. The molecule has 35 heavy (non-hydrogen) atoms. The van der Waals surface area contributed by atoms with E-state index in [-0.39, 0.29) is 5.91 Å². The van der Waals surface area contributed by atoms with Crippen molar-refractivity contribution in [2.24, 2.45) is 5.73 Å². The van der Waals surface area contributed by atoms with Crippen LogP contribution < -0.4 is 16.0 Å². The van der Waals surface area contributed by atoms with Crippen LogP contribution in [0.15, 0.2) is 65.4 Å². The van der Waals surface area contributed by atoms with Gasteiger partial charge in [0.15, 0.2) is 5.13 Å². The van der Waals surface area contributed by atoms with Gasteiger partial charge in [-0.15, -0.1) is 11.3 Å². The number of carbonyl (C=O) groups excluding carboxylic acids is 1. The molecule has 3 N–H and O–H groups in total. The van der Waals surface area contributed by atoms with Crippen LogP contribution in [0.1, 0.15) is 38.5 Å². The Morgan fingerprint density at radius 1 is 1.14 bits per heavy atom. The van der Waals surface area contributed by atoms with Gasteiger partial charge in [0, 0.05) is 43.3 Å². The fourth-order valence-electron chi connectivity index (χ4n) is 4.26. The topological polar surface area (TPSA) is 98.3 Å². The van der Waals surface area contributed by atoms with Crippen LogP contribution in [0.25, 0.3) is 5.57 Å². The Hall–Kier alpha value is -3.45. The van der Waals surface area contributed by atoms with Crippen molar-refractivity contribution in [3.8, 4) is 6.07 Å². The number of rotatable bonds is 6. The van der Waals surface area contributed by atoms with Crippen molar-refractivity contribution in [1.29, 1.82) is 5.26 Å². The van der Waals surface area contributed by atoms with E-state index in [1.54, 1.807) is 17.5 Å². The molecule has 3 heterocycles. The van der Waals surface area contributed by atoms with Gasteiger partial charge < -0.3 is 16.0 Å². The number of nitrogens with two attached hydrogens (primary N) is 1. The number of piperazine rings is 1. The number of hydrogen-bond donors (Lipinski definition) is 2. The summed E-state index contributed by atoms with van der Waals surface area (Å²) >= 11 is 3.11. The first-order chi connectivity index (χ1) is 17.1. The Balaban J connectivity index is 1.17. The van der Waals surface area contributed by atoms with Crippen LogP contribution in [-0.4, -0.2) is 42.0 Å². The van der Waals surface area contributed by atoms with Crippen LogP contribution in [-0.2, 0) is 6.54 Å². The number of allylic oxidation sites excluding steroid dienone is 3. The van der Waals surface area contributed by atoms with Crippen molar-refractivity contribution < 1.29 is 4.79 Å². The zero-order valence-corrected chi connectivity index (χ0v) is 20.9. The first-order valence-electron chi connectivity index (χ1n) is 11.6. The lowest BCUT2D eigenvalue weighted by atomic mass is 9.99. The predicted octanol–water partition coefficient (Wildman–Crippen LogP) is 4.18. The summed E-state index contributed by atoms with van der Waals surface area (Å²) < 4.78 is 0. The van der Waals surface area contributed by atoms with Crippen molar-refractivity contribution >= 4 is 39.3 Å². The Morgan fingerprint density at radius 3 is 2.66 bits per heavy atom. The summed E-state index contributed by atoms with van der Waals surface area (Å²) in [4.78, 5) is 23.9. The lowest BCUT2D eigenvalue weighted by Gasteiger charge is -2.34. The van der Waals surface area contributed by atoms with Gasteiger partial charge in [0.1, 0.15) is 4.88 Å². The number of aromatic nitrogens is 1. The number of nitriles is 1. The van der Waals surface area contributed by atoms with Crippen LogP contribution in [0.5, 0.6) is 0 Å². The van der Waals surface area contributed by atoms with Crippen LogP contribution in [0, 0.1) is 11.3 Å². The molecule has 5 rings (SSSR count). The van der Waals surface area contributed by atoms with Gasteiger partial charge in [0.05, 0.1) is 23.5 Å². The Labute approximate surface area is 212 Å². The number of anilines is 1. The highest BCUT2D eigenvalue weighted by Crippen LogP contribution is 2.31. The number of carbonyl (C=O) groups is 1. The molecule has 9 heteroatoms. The van der Waals surface area contributed by atoms with E-state index in [4.69, 9.17) is 11.0 Å². The summed E-state index contributed by atoms with van der Waals surface area (Å²) in [6.45, 7) is 4.41. The molecule has 0 radical (unpaired) electrons. The highest BCUT2D eigenvalue weighted by Gasteiger charge is 2.22. The molecule has 1 amide bonds. The molecule has 1 saturated heterocycles. The molecule has 178 valence electrons. The summed E-state index contributed by atoms with van der Waals surface area (Å²) in [7, 11) is 0. The van der Waals surface area contributed by atoms with Gasteiger partial charge in [0.25, 0.3) is 5.91 Å². The normalized spacial score (nSPS) is 16.7. The molecular weight excluding hydrogens is 476 g/mol. The zero-order chi connectivity index (χ0) is 24.2. The van der Waals surface area contributed by atoms with Gasteiger partial charge in [-0.05, 0) is 53.6 Å². The standard InChI is InChI=1S/C26H26N6OS2/c27-15-18-3-5-19(6-4-18)17-31-9-11-32(12-10-31)26-29-16-24(35-26)25(33)30-22-14-20(7-8-21(22)28)23-2-1-13-34-23/h1-6,13-14,16H,7-12,17,28H2,(H,30,33). The maximum Gasteiger partial charge on any atom is 0.267 e. The minimum absolute atomic E-state index is 0.171. The van der Waals surface area contributed by atoms with Crippen LogP contribution >= 0.6 is 22.7 Å². The van der Waals surface area contributed by atoms with Crippen LogP contribution in [0.2, 0.25) is 0 Å². The minimum Gasteiger partial charge on any atom is -0.400 e. The number of amides is 1. The quantitative estimate of drug-likeness (QED) is 0.525. The van der Waals surface area contributed by atoms with Gasteiger partial charge in [-0.25, -0.2) is 4.98 Å². The monoisotopic (exact) mass is 502 g/mol. The first-order valence-corrected chi connectivity index (χ1v) is 13.3. The van der Waals surface area contributed by atoms with E-state index in [0.717, 1.165) is 50.7 Å². The van der Waals surface area contributed by atoms with Gasteiger partial charge in [-0.2, -0.15) is 5.26 Å². The van der Waals surface area contributed by atoms with E-state index >= 15 is 0 Å². The number of thiazole rings is 1. The molecule has 2 aliphatic rings. The Morgan fingerprint density at radius 2 is 1.94 bits per heavy atom. The fraction of sp³-hybridized carbons (Fsp3) is 0.269. The minimum atomic E-state index is -0.171. The lowest BCUT2D eigenvalue weighted by Crippen LogP contribution is -2.45. The second kappa shape index (κ2) is 10.4. The summed E-state index contributed by atoms with van der Waals surface area (Å²) in [6, 6.07) is 14.1. The third-order valence-corrected chi connectivity index (χ3v) is 8.27. The van der Waals surface area contributed by atoms with Crippen molar-refractivity contribution in [2.75, 3.05) is 31.1 Å². The van der Waals surface area contributed by atoms with Gasteiger partial charge >= 0.3 is 0 Å². The molecule has 1 aromatic carbocycles. The second-order valence-electron chi connectivity index (χ2n) is 8.62. The molecule has 0 atom stereocenters. The SMILES string of the molecule is N#Cc1ccc(CN2CCN(c3ncc(C(=O)NC4=C(N)CCC(c5cccs5)=C4)s3)CC2)cc1. The average molecular weight is 503 g/mol. The van der Waals surface area contributed by atoms with Crippen LogP contribution in [0.3, 0.4) is 0 Å². The molecule has 1 aliphatic carbocycles. The van der Waals surface area contributed by atoms with Crippen LogP contribution in [0.4, 0.5) is 5.13 Å². The molecule has 0 saturated carbocycles. The van der Waals surface area contributed by atoms with E-state index in [1.165, 1.54) is 27.4 Å². The van der Waals surface area contributed by atoms with E-state index < -0.39 is 0 Å². The summed E-state index contributed by atoms with van der Waals surface area (Å²) in [5, 5.41) is 14.9. The smallest absolute Gasteiger partial charge is 0.267 e. The van der Waals surface area contributed by atoms with Crippen molar-refractivity contribution in [1.82, 2.24) is 15.2 Å². The highest BCUT2D eigenvalue weighted by molar-refractivity contribution is 7.17. The zero-order valence-electron chi connectivity index (χ0n) is 19.2. The van der Waals surface area contributed by atoms with E-state index in [0.29, 0.717) is 21.8 Å². The Kier molecular flexibility index (Phi) is 6.95. The number of nitrogens with one attached hydrogen (secondary N) is 1. The van der Waals surface area contributed by atoms with Crippen molar-refractivity contribution in [2.45, 2.75) is 19.4 Å². The first kappa shape index (κ1) is 23.3. The molecule has 2 aromatic heterocycles. The predicted molar refractivity (Wildman–Crippen MR) is 141 cm³/mol. The van der Waals surface area contributed by atoms with E-state index in [1.807, 2.05) is 36.4 Å².